The van der Waals surface area contributed by atoms with Crippen LogP contribution in [0.4, 0.5) is 0 Å². The van der Waals surface area contributed by atoms with Crippen molar-refractivity contribution >= 4 is 38.9 Å². The molecule has 0 amide bonds. The highest BCUT2D eigenvalue weighted by atomic mass is 79.9. The van der Waals surface area contributed by atoms with Gasteiger partial charge in [0.25, 0.3) is 0 Å². The molecule has 21 heavy (non-hydrogen) atoms. The van der Waals surface area contributed by atoms with Gasteiger partial charge in [0, 0.05) is 15.4 Å². The third kappa shape index (κ3) is 2.95. The molecule has 0 fully saturated rings. The maximum atomic E-state index is 4.38. The lowest BCUT2D eigenvalue weighted by atomic mass is 10.1. The van der Waals surface area contributed by atoms with Crippen LogP contribution in [0.15, 0.2) is 45.2 Å². The van der Waals surface area contributed by atoms with Gasteiger partial charge in [-0.1, -0.05) is 33.8 Å². The van der Waals surface area contributed by atoms with Crippen molar-refractivity contribution in [2.45, 2.75) is 22.9 Å². The number of fused-ring (bicyclic) bond motifs is 1. The second kappa shape index (κ2) is 6.13. The van der Waals surface area contributed by atoms with Crippen molar-refractivity contribution in [2.75, 3.05) is 7.05 Å². The number of imidazole rings is 1. The van der Waals surface area contributed by atoms with Crippen molar-refractivity contribution < 1.29 is 0 Å². The van der Waals surface area contributed by atoms with Crippen LogP contribution in [0.1, 0.15) is 18.5 Å². The smallest absolute Gasteiger partial charge is 0.181 e. The first-order valence-corrected chi connectivity index (χ1v) is 8.08. The van der Waals surface area contributed by atoms with E-state index in [2.05, 4.69) is 66.3 Å². The molecular formula is C14H14BrN5S. The molecule has 2 heterocycles. The van der Waals surface area contributed by atoms with Crippen molar-refractivity contribution in [2.24, 2.45) is 0 Å². The monoisotopic (exact) mass is 363 g/mol. The first-order chi connectivity index (χ1) is 10.2. The molecule has 0 aliphatic heterocycles. The van der Waals surface area contributed by atoms with Crippen LogP contribution in [-0.4, -0.2) is 27.0 Å². The summed E-state index contributed by atoms with van der Waals surface area (Å²) in [7, 11) is 1.96. The van der Waals surface area contributed by atoms with Crippen LogP contribution in [0.5, 0.6) is 0 Å². The number of benzene rings is 1. The van der Waals surface area contributed by atoms with Crippen molar-refractivity contribution in [1.82, 2.24) is 25.3 Å². The van der Waals surface area contributed by atoms with Crippen molar-refractivity contribution in [1.29, 1.82) is 0 Å². The van der Waals surface area contributed by atoms with E-state index in [0.717, 1.165) is 19.9 Å². The Labute approximate surface area is 135 Å². The van der Waals surface area contributed by atoms with Crippen LogP contribution < -0.4 is 5.32 Å². The van der Waals surface area contributed by atoms with Gasteiger partial charge >= 0.3 is 0 Å². The lowest BCUT2D eigenvalue weighted by molar-refractivity contribution is 0.641. The van der Waals surface area contributed by atoms with Gasteiger partial charge in [0.2, 0.25) is 0 Å². The molecule has 1 atom stereocenters. The fourth-order valence-electron chi connectivity index (χ4n) is 2.03. The quantitative estimate of drug-likeness (QED) is 0.693. The normalized spacial score (nSPS) is 12.7. The molecule has 0 saturated heterocycles. The predicted molar refractivity (Wildman–Crippen MR) is 87.4 cm³/mol. The number of nitrogens with one attached hydrogen (secondary N) is 2. The van der Waals surface area contributed by atoms with Crippen LogP contribution in [0.3, 0.4) is 0 Å². The van der Waals surface area contributed by atoms with E-state index in [1.165, 1.54) is 5.56 Å². The standard InChI is InChI=1S/C14H14BrN5S/c1-8(16-2)10-4-3-9(15)5-11(10)21-14-12-13(18-6-17-12)19-7-20-14/h3-8,16H,1-2H3,(H,17,18,19,20). The minimum Gasteiger partial charge on any atom is -0.341 e. The molecule has 1 aromatic carbocycles. The minimum absolute atomic E-state index is 0.264. The predicted octanol–water partition coefficient (Wildman–Crippen LogP) is 3.55. The maximum Gasteiger partial charge on any atom is 0.181 e. The van der Waals surface area contributed by atoms with Crippen molar-refractivity contribution in [3.63, 3.8) is 0 Å². The Hall–Kier alpha value is -1.44. The molecule has 2 aromatic heterocycles. The second-order valence-corrected chi connectivity index (χ2v) is 6.52. The Kier molecular flexibility index (Phi) is 4.23. The highest BCUT2D eigenvalue weighted by Crippen LogP contribution is 2.36. The number of nitrogens with zero attached hydrogens (tertiary/aromatic N) is 3. The van der Waals surface area contributed by atoms with Crippen LogP contribution in [0.2, 0.25) is 0 Å². The maximum absolute atomic E-state index is 4.38. The third-order valence-electron chi connectivity index (χ3n) is 3.27. The third-order valence-corrected chi connectivity index (χ3v) is 4.84. The molecule has 2 N–H and O–H groups in total. The molecule has 7 heteroatoms. The molecule has 0 spiro atoms. The summed E-state index contributed by atoms with van der Waals surface area (Å²) in [5.41, 5.74) is 2.79. The van der Waals surface area contributed by atoms with Crippen molar-refractivity contribution in [3.05, 3.63) is 40.9 Å². The zero-order valence-electron chi connectivity index (χ0n) is 11.6. The fraction of sp³-hybridized carbons (Fsp3) is 0.214. The summed E-state index contributed by atoms with van der Waals surface area (Å²) in [6.45, 7) is 2.14. The van der Waals surface area contributed by atoms with Gasteiger partial charge in [-0.2, -0.15) is 0 Å². The lowest BCUT2D eigenvalue weighted by Gasteiger charge is -2.15. The Morgan fingerprint density at radius 1 is 1.29 bits per heavy atom. The number of rotatable bonds is 4. The van der Waals surface area contributed by atoms with Gasteiger partial charge in [0.1, 0.15) is 16.9 Å². The highest BCUT2D eigenvalue weighted by molar-refractivity contribution is 9.10. The Balaban J connectivity index is 2.05. The Morgan fingerprint density at radius 2 is 2.14 bits per heavy atom. The highest BCUT2D eigenvalue weighted by Gasteiger charge is 2.14. The van der Waals surface area contributed by atoms with Crippen LogP contribution in [-0.2, 0) is 0 Å². The minimum atomic E-state index is 0.264. The fourth-order valence-corrected chi connectivity index (χ4v) is 3.66. The number of aromatic nitrogens is 4. The van der Waals surface area contributed by atoms with Gasteiger partial charge in [-0.25, -0.2) is 15.0 Å². The van der Waals surface area contributed by atoms with E-state index in [4.69, 9.17) is 0 Å². The van der Waals surface area contributed by atoms with Gasteiger partial charge in [-0.05, 0) is 31.7 Å². The Bertz CT molecular complexity index is 773. The number of hydrogen-bond acceptors (Lipinski definition) is 5. The van der Waals surface area contributed by atoms with Crippen molar-refractivity contribution in [3.8, 4) is 0 Å². The van der Waals surface area contributed by atoms with Gasteiger partial charge in [-0.3, -0.25) is 0 Å². The number of halogens is 1. The summed E-state index contributed by atoms with van der Waals surface area (Å²) in [4.78, 5) is 16.9. The molecule has 0 aliphatic rings. The van der Waals surface area contributed by atoms with E-state index in [1.807, 2.05) is 7.05 Å². The van der Waals surface area contributed by atoms with Crippen LogP contribution in [0.25, 0.3) is 11.2 Å². The SMILES string of the molecule is CNC(C)c1ccc(Br)cc1Sc1ncnc2nc[nH]c12. The van der Waals surface area contributed by atoms with Gasteiger partial charge in [0.05, 0.1) is 6.33 Å². The summed E-state index contributed by atoms with van der Waals surface area (Å²) in [5.74, 6) is 0. The summed E-state index contributed by atoms with van der Waals surface area (Å²) in [5, 5.41) is 4.15. The number of H-pyrrole nitrogens is 1. The Morgan fingerprint density at radius 3 is 2.95 bits per heavy atom. The molecular weight excluding hydrogens is 350 g/mol. The van der Waals surface area contributed by atoms with Gasteiger partial charge in [-0.15, -0.1) is 0 Å². The zero-order valence-corrected chi connectivity index (χ0v) is 14.0. The van der Waals surface area contributed by atoms with Gasteiger partial charge in [0.15, 0.2) is 5.65 Å². The summed E-state index contributed by atoms with van der Waals surface area (Å²) < 4.78 is 1.05. The molecule has 3 aromatic rings. The molecule has 5 nitrogen and oxygen atoms in total. The van der Waals surface area contributed by atoms with Gasteiger partial charge < -0.3 is 10.3 Å². The largest absolute Gasteiger partial charge is 0.341 e. The second-order valence-electron chi connectivity index (χ2n) is 4.57. The zero-order chi connectivity index (χ0) is 14.8. The summed E-state index contributed by atoms with van der Waals surface area (Å²) in [6.07, 6.45) is 3.19. The van der Waals surface area contributed by atoms with E-state index in [9.17, 15) is 0 Å². The molecule has 1 unspecified atom stereocenters. The van der Waals surface area contributed by atoms with Crippen LogP contribution in [0, 0.1) is 0 Å². The average Bonchev–Trinajstić information content (AvgIpc) is 2.96. The van der Waals surface area contributed by atoms with E-state index < -0.39 is 0 Å². The van der Waals surface area contributed by atoms with Crippen LogP contribution >= 0.6 is 27.7 Å². The van der Waals surface area contributed by atoms with E-state index in [-0.39, 0.29) is 6.04 Å². The topological polar surface area (TPSA) is 66.5 Å². The average molecular weight is 364 g/mol. The molecule has 0 saturated carbocycles. The summed E-state index contributed by atoms with van der Waals surface area (Å²) >= 11 is 5.15. The van der Waals surface area contributed by atoms with E-state index >= 15 is 0 Å². The molecule has 0 radical (unpaired) electrons. The number of hydrogen-bond donors (Lipinski definition) is 2. The molecule has 0 bridgehead atoms. The summed E-state index contributed by atoms with van der Waals surface area (Å²) in [6, 6.07) is 6.55. The first kappa shape index (κ1) is 14.5. The lowest BCUT2D eigenvalue weighted by Crippen LogP contribution is -2.13. The first-order valence-electron chi connectivity index (χ1n) is 6.47. The van der Waals surface area contributed by atoms with E-state index in [1.54, 1.807) is 24.4 Å². The number of aromatic amines is 1. The molecule has 0 aliphatic carbocycles. The molecule has 3 rings (SSSR count). The van der Waals surface area contributed by atoms with E-state index in [0.29, 0.717) is 5.65 Å². The molecule has 108 valence electrons.